The van der Waals surface area contributed by atoms with E-state index in [1.54, 1.807) is 27.7 Å². The lowest BCUT2D eigenvalue weighted by molar-refractivity contribution is -0.143. The van der Waals surface area contributed by atoms with E-state index in [9.17, 15) is 52.7 Å². The minimum absolute atomic E-state index is 0.0393. The number of amides is 8. The number of primary amides is 1. The van der Waals surface area contributed by atoms with Gasteiger partial charge in [-0.15, -0.1) is 0 Å². The molecule has 2 heterocycles. The van der Waals surface area contributed by atoms with Crippen molar-refractivity contribution in [2.45, 2.75) is 122 Å². The van der Waals surface area contributed by atoms with Gasteiger partial charge in [0.25, 0.3) is 0 Å². The molecule has 0 aromatic heterocycles. The van der Waals surface area contributed by atoms with Gasteiger partial charge in [-0.2, -0.15) is 0 Å². The fraction of sp³-hybridized carbons (Fsp3) is 0.622. The number of phosphoric ester groups is 1. The standard InChI is InChI=1S/C37H57N8O12P/c1-20(2)17-26-33(49)43-28(19-30(38)47)35(51)44-31(21(3)4)37(53)45-16-8-10-29(45)36(52)39-15-7-6-9-25(40-22(5)46)32(48)42-27(34(50)41-26)18-23-11-13-24(14-12-23)57-58(54,55)56/h11-14,20-21,25-29,31H,6-10,15-19H2,1-5H3,(H2,38,47)(H,39,52)(H,40,46)(H,41,50)(H,42,48)(H,43,49)(H,44,51)(H2,54,55,56)/t25-,26-,27+,28+,29+,31-/m0/s1. The fourth-order valence-electron chi connectivity index (χ4n) is 6.77. The molecule has 0 aliphatic carbocycles. The Morgan fingerprint density at radius 2 is 1.45 bits per heavy atom. The van der Waals surface area contributed by atoms with E-state index in [1.165, 1.54) is 36.1 Å². The van der Waals surface area contributed by atoms with Crippen molar-refractivity contribution in [2.24, 2.45) is 17.6 Å². The third kappa shape index (κ3) is 15.0. The van der Waals surface area contributed by atoms with E-state index in [0.29, 0.717) is 31.2 Å². The lowest BCUT2D eigenvalue weighted by atomic mass is 9.99. The Morgan fingerprint density at radius 3 is 2.03 bits per heavy atom. The predicted molar refractivity (Wildman–Crippen MR) is 208 cm³/mol. The number of benzene rings is 1. The van der Waals surface area contributed by atoms with Gasteiger partial charge in [0.15, 0.2) is 0 Å². The molecule has 20 nitrogen and oxygen atoms in total. The van der Waals surface area contributed by atoms with Crippen LogP contribution in [0.1, 0.15) is 85.1 Å². The van der Waals surface area contributed by atoms with Gasteiger partial charge in [-0.1, -0.05) is 39.8 Å². The minimum atomic E-state index is -4.87. The first-order chi connectivity index (χ1) is 27.1. The average molecular weight is 837 g/mol. The molecule has 2 fully saturated rings. The van der Waals surface area contributed by atoms with E-state index in [1.807, 2.05) is 0 Å². The molecule has 0 saturated carbocycles. The number of phosphoric acid groups is 1. The zero-order chi connectivity index (χ0) is 43.3. The Kier molecular flexibility index (Phi) is 17.6. The number of nitrogens with two attached hydrogens (primary N) is 1. The summed E-state index contributed by atoms with van der Waals surface area (Å²) >= 11 is 0. The van der Waals surface area contributed by atoms with E-state index in [4.69, 9.17) is 5.73 Å². The molecule has 8 amide bonds. The molecule has 0 radical (unpaired) electrons. The van der Waals surface area contributed by atoms with Gasteiger partial charge in [0.1, 0.15) is 42.0 Å². The van der Waals surface area contributed by atoms with Crippen molar-refractivity contribution < 1.29 is 57.2 Å². The van der Waals surface area contributed by atoms with Crippen LogP contribution in [0.2, 0.25) is 0 Å². The highest BCUT2D eigenvalue weighted by Crippen LogP contribution is 2.37. The first kappa shape index (κ1) is 47.3. The summed E-state index contributed by atoms with van der Waals surface area (Å²) in [5.74, 6) is -6.54. The van der Waals surface area contributed by atoms with Crippen LogP contribution in [0.5, 0.6) is 5.75 Å². The Morgan fingerprint density at radius 1 is 0.845 bits per heavy atom. The molecule has 2 saturated heterocycles. The van der Waals surface area contributed by atoms with Gasteiger partial charge in [-0.25, -0.2) is 4.57 Å². The zero-order valence-corrected chi connectivity index (χ0v) is 34.3. The monoisotopic (exact) mass is 836 g/mol. The van der Waals surface area contributed by atoms with Crippen molar-refractivity contribution in [1.82, 2.24) is 36.8 Å². The van der Waals surface area contributed by atoms with Crippen LogP contribution in [0.4, 0.5) is 0 Å². The van der Waals surface area contributed by atoms with Crippen molar-refractivity contribution in [3.05, 3.63) is 29.8 Å². The summed E-state index contributed by atoms with van der Waals surface area (Å²) in [5, 5.41) is 15.9. The van der Waals surface area contributed by atoms with Gasteiger partial charge < -0.3 is 47.1 Å². The lowest BCUT2D eigenvalue weighted by Gasteiger charge is -2.32. The van der Waals surface area contributed by atoms with Gasteiger partial charge in [0.05, 0.1) is 6.42 Å². The van der Waals surface area contributed by atoms with Crippen LogP contribution in [0.25, 0.3) is 0 Å². The van der Waals surface area contributed by atoms with Crippen LogP contribution in [0, 0.1) is 11.8 Å². The maximum Gasteiger partial charge on any atom is 0.524 e. The van der Waals surface area contributed by atoms with E-state index < -0.39 is 104 Å². The van der Waals surface area contributed by atoms with Crippen molar-refractivity contribution in [3.63, 3.8) is 0 Å². The molecule has 2 aliphatic rings. The normalized spacial score (nSPS) is 24.9. The molecule has 2 aliphatic heterocycles. The average Bonchev–Trinajstić information content (AvgIpc) is 3.61. The number of fused-ring (bicyclic) bond motifs is 1. The second-order valence-corrected chi connectivity index (χ2v) is 16.5. The molecule has 1 aromatic rings. The third-order valence-electron chi connectivity index (χ3n) is 9.58. The van der Waals surface area contributed by atoms with Crippen LogP contribution >= 0.6 is 7.82 Å². The van der Waals surface area contributed by atoms with Crippen molar-refractivity contribution in [1.29, 1.82) is 0 Å². The van der Waals surface area contributed by atoms with E-state index >= 15 is 0 Å². The Labute approximate surface area is 337 Å². The second kappa shape index (κ2) is 21.6. The van der Waals surface area contributed by atoms with Crippen molar-refractivity contribution in [2.75, 3.05) is 13.1 Å². The van der Waals surface area contributed by atoms with Crippen molar-refractivity contribution >= 4 is 55.1 Å². The number of hydrogen-bond acceptors (Lipinski definition) is 10. The molecule has 58 heavy (non-hydrogen) atoms. The van der Waals surface area contributed by atoms with Gasteiger partial charge in [0.2, 0.25) is 47.3 Å². The highest BCUT2D eigenvalue weighted by atomic mass is 31.2. The topological polar surface area (TPSA) is 305 Å². The van der Waals surface area contributed by atoms with E-state index in [2.05, 4.69) is 36.4 Å². The number of carbonyl (C=O) groups is 8. The van der Waals surface area contributed by atoms with Crippen LogP contribution in [-0.2, 0) is 49.3 Å². The van der Waals surface area contributed by atoms with Gasteiger partial charge in [-0.05, 0) is 68.1 Å². The number of hydrogen-bond donors (Lipinski definition) is 9. The maximum absolute atomic E-state index is 14.1. The number of nitrogens with zero attached hydrogens (tertiary/aromatic N) is 1. The van der Waals surface area contributed by atoms with Gasteiger partial charge >= 0.3 is 7.82 Å². The molecule has 0 spiro atoms. The Balaban J connectivity index is 2.04. The van der Waals surface area contributed by atoms with Crippen LogP contribution < -0.4 is 42.2 Å². The van der Waals surface area contributed by atoms with E-state index in [0.717, 1.165) is 0 Å². The molecule has 6 atom stereocenters. The zero-order valence-electron chi connectivity index (χ0n) is 33.4. The quantitative estimate of drug-likeness (QED) is 0.129. The van der Waals surface area contributed by atoms with Crippen LogP contribution in [-0.4, -0.2) is 111 Å². The van der Waals surface area contributed by atoms with E-state index in [-0.39, 0.29) is 44.0 Å². The predicted octanol–water partition coefficient (Wildman–Crippen LogP) is -0.987. The van der Waals surface area contributed by atoms with Gasteiger partial charge in [0, 0.05) is 26.4 Å². The Bertz CT molecular complexity index is 1720. The first-order valence-electron chi connectivity index (χ1n) is 19.3. The molecule has 0 bridgehead atoms. The van der Waals surface area contributed by atoms with Gasteiger partial charge in [-0.3, -0.25) is 48.1 Å². The summed E-state index contributed by atoms with van der Waals surface area (Å²) in [6.07, 6.45) is 0.977. The highest BCUT2D eigenvalue weighted by Gasteiger charge is 2.40. The summed E-state index contributed by atoms with van der Waals surface area (Å²) in [4.78, 5) is 127. The summed E-state index contributed by atoms with van der Waals surface area (Å²) in [6, 6.07) is -1.98. The molecule has 21 heteroatoms. The molecule has 0 unspecified atom stereocenters. The SMILES string of the molecule is CC(=O)N[C@H]1CCCCNC(=O)[C@H]2CCCN2C(=O)[C@H](C(C)C)NC(=O)[C@@H](CC(N)=O)NC(=O)[C@H](CC(C)C)NC(=O)[C@@H](Cc2ccc(OP(=O)(O)O)cc2)NC1=O. The molecule has 3 rings (SSSR count). The summed E-state index contributed by atoms with van der Waals surface area (Å²) in [6.45, 7) is 8.62. The largest absolute Gasteiger partial charge is 0.524 e. The lowest BCUT2D eigenvalue weighted by Crippen LogP contribution is -2.61. The molecular weight excluding hydrogens is 779 g/mol. The van der Waals surface area contributed by atoms with Crippen molar-refractivity contribution in [3.8, 4) is 5.75 Å². The number of nitrogens with one attached hydrogen (secondary N) is 6. The molecule has 10 N–H and O–H groups in total. The van der Waals surface area contributed by atoms with Crippen LogP contribution in [0.3, 0.4) is 0 Å². The number of rotatable bonds is 10. The highest BCUT2D eigenvalue weighted by molar-refractivity contribution is 7.46. The third-order valence-corrected chi connectivity index (χ3v) is 10.0. The second-order valence-electron chi connectivity index (χ2n) is 15.4. The number of carbonyl (C=O) groups excluding carboxylic acids is 8. The summed E-state index contributed by atoms with van der Waals surface area (Å²) in [5.41, 5.74) is 5.88. The maximum atomic E-state index is 14.1. The summed E-state index contributed by atoms with van der Waals surface area (Å²) in [7, 11) is -4.87. The Hall–Kier alpha value is -5.07. The van der Waals surface area contributed by atoms with Crippen LogP contribution in [0.15, 0.2) is 24.3 Å². The fourth-order valence-corrected chi connectivity index (χ4v) is 7.16. The first-order valence-corrected chi connectivity index (χ1v) is 20.9. The summed E-state index contributed by atoms with van der Waals surface area (Å²) < 4.78 is 15.9. The smallest absolute Gasteiger partial charge is 0.404 e. The molecule has 1 aromatic carbocycles. The molecular formula is C37H57N8O12P. The minimum Gasteiger partial charge on any atom is -0.404 e. The molecule has 322 valence electrons.